The molecule has 3 aromatic rings. The predicted molar refractivity (Wildman–Crippen MR) is 97.9 cm³/mol. The lowest BCUT2D eigenvalue weighted by atomic mass is 10.1. The van der Waals surface area contributed by atoms with E-state index in [9.17, 15) is 26.4 Å². The van der Waals surface area contributed by atoms with Gasteiger partial charge in [-0.15, -0.1) is 0 Å². The van der Waals surface area contributed by atoms with Gasteiger partial charge in [0, 0.05) is 30.5 Å². The Morgan fingerprint density at radius 3 is 2.43 bits per heavy atom. The molecule has 0 unspecified atom stereocenters. The summed E-state index contributed by atoms with van der Waals surface area (Å²) in [5.74, 6) is -2.00. The highest BCUT2D eigenvalue weighted by Crippen LogP contribution is 2.32. The summed E-state index contributed by atoms with van der Waals surface area (Å²) in [6.07, 6.45) is -3.64. The van der Waals surface area contributed by atoms with Crippen LogP contribution in [0.3, 0.4) is 0 Å². The van der Waals surface area contributed by atoms with E-state index in [4.69, 9.17) is 0 Å². The van der Waals surface area contributed by atoms with Crippen molar-refractivity contribution < 1.29 is 30.9 Å². The van der Waals surface area contributed by atoms with E-state index in [0.29, 0.717) is 12.1 Å². The second kappa shape index (κ2) is 6.94. The molecule has 156 valence electrons. The molecule has 11 heteroatoms. The van der Waals surface area contributed by atoms with Gasteiger partial charge in [0.15, 0.2) is 9.84 Å². The SMILES string of the molecule is CS(=O)(=O)c1ccc(CN2Cc3ccc(-c4noc(C(F)(F)F)n4)cc3C2=O)cc1. The lowest BCUT2D eigenvalue weighted by molar-refractivity contribution is -0.159. The van der Waals surface area contributed by atoms with Crippen LogP contribution in [-0.2, 0) is 29.1 Å². The Kier molecular flexibility index (Phi) is 4.64. The van der Waals surface area contributed by atoms with E-state index in [2.05, 4.69) is 14.7 Å². The van der Waals surface area contributed by atoms with Crippen LogP contribution in [0.15, 0.2) is 51.9 Å². The molecule has 7 nitrogen and oxygen atoms in total. The third-order valence-corrected chi connectivity index (χ3v) is 5.77. The van der Waals surface area contributed by atoms with Crippen LogP contribution < -0.4 is 0 Å². The largest absolute Gasteiger partial charge is 0.471 e. The summed E-state index contributed by atoms with van der Waals surface area (Å²) >= 11 is 0. The number of fused-ring (bicyclic) bond motifs is 1. The number of carbonyl (C=O) groups excluding carboxylic acids is 1. The minimum atomic E-state index is -4.75. The quantitative estimate of drug-likeness (QED) is 0.622. The fraction of sp³-hybridized carbons (Fsp3) is 0.211. The molecule has 30 heavy (non-hydrogen) atoms. The summed E-state index contributed by atoms with van der Waals surface area (Å²) in [6.45, 7) is 0.579. The van der Waals surface area contributed by atoms with Crippen molar-refractivity contribution in [2.24, 2.45) is 0 Å². The van der Waals surface area contributed by atoms with Crippen LogP contribution in [0.2, 0.25) is 0 Å². The highest BCUT2D eigenvalue weighted by atomic mass is 32.2. The maximum atomic E-state index is 12.8. The maximum absolute atomic E-state index is 12.8. The molecule has 0 aliphatic carbocycles. The lowest BCUT2D eigenvalue weighted by Crippen LogP contribution is -2.23. The molecule has 0 fully saturated rings. The smallest absolute Gasteiger partial charge is 0.330 e. The first-order chi connectivity index (χ1) is 14.0. The Morgan fingerprint density at radius 2 is 1.83 bits per heavy atom. The topological polar surface area (TPSA) is 93.4 Å². The average molecular weight is 437 g/mol. The molecule has 2 heterocycles. The van der Waals surface area contributed by atoms with Gasteiger partial charge in [-0.3, -0.25) is 4.79 Å². The standard InChI is InChI=1S/C19H14F3N3O4S/c1-30(27,28)14-6-2-11(3-7-14)9-25-10-13-5-4-12(8-15(13)17(25)26)16-23-18(29-24-16)19(20,21)22/h2-8H,9-10H2,1H3. The number of nitrogens with zero attached hydrogens (tertiary/aromatic N) is 3. The Morgan fingerprint density at radius 1 is 1.13 bits per heavy atom. The molecule has 1 amide bonds. The van der Waals surface area contributed by atoms with Crippen molar-refractivity contribution in [2.75, 3.05) is 6.26 Å². The number of amides is 1. The van der Waals surface area contributed by atoms with Crippen molar-refractivity contribution in [3.8, 4) is 11.4 Å². The van der Waals surface area contributed by atoms with E-state index in [1.54, 1.807) is 23.1 Å². The summed E-state index contributed by atoms with van der Waals surface area (Å²) in [7, 11) is -3.31. The van der Waals surface area contributed by atoms with Gasteiger partial charge in [0.2, 0.25) is 5.82 Å². The van der Waals surface area contributed by atoms with Gasteiger partial charge in [-0.2, -0.15) is 18.2 Å². The van der Waals surface area contributed by atoms with E-state index in [1.165, 1.54) is 24.3 Å². The van der Waals surface area contributed by atoms with E-state index in [-0.39, 0.29) is 28.7 Å². The molecule has 0 N–H and O–H groups in total. The molecule has 0 atom stereocenters. The molecule has 0 saturated carbocycles. The number of halogens is 3. The molecule has 0 spiro atoms. The number of carbonyl (C=O) groups is 1. The van der Waals surface area contributed by atoms with Crippen molar-refractivity contribution in [1.29, 1.82) is 0 Å². The molecule has 1 aromatic heterocycles. The number of benzene rings is 2. The van der Waals surface area contributed by atoms with Gasteiger partial charge < -0.3 is 9.42 Å². The van der Waals surface area contributed by atoms with E-state index in [1.807, 2.05) is 0 Å². The third kappa shape index (κ3) is 3.80. The molecular weight excluding hydrogens is 423 g/mol. The van der Waals surface area contributed by atoms with Gasteiger partial charge in [0.25, 0.3) is 5.91 Å². The number of hydrogen-bond donors (Lipinski definition) is 0. The maximum Gasteiger partial charge on any atom is 0.471 e. The molecule has 0 bridgehead atoms. The van der Waals surface area contributed by atoms with Crippen LogP contribution in [0.1, 0.15) is 27.4 Å². The Bertz CT molecular complexity index is 1230. The van der Waals surface area contributed by atoms with Gasteiger partial charge in [-0.25, -0.2) is 8.42 Å². The van der Waals surface area contributed by atoms with Crippen molar-refractivity contribution in [3.63, 3.8) is 0 Å². The summed E-state index contributed by atoms with van der Waals surface area (Å²) in [6, 6.07) is 10.8. The zero-order valence-electron chi connectivity index (χ0n) is 15.5. The van der Waals surface area contributed by atoms with Crippen LogP contribution in [0, 0.1) is 0 Å². The van der Waals surface area contributed by atoms with Crippen molar-refractivity contribution in [2.45, 2.75) is 24.2 Å². The summed E-state index contributed by atoms with van der Waals surface area (Å²) < 4.78 is 65.3. The van der Waals surface area contributed by atoms with Crippen LogP contribution in [0.5, 0.6) is 0 Å². The number of rotatable bonds is 4. The second-order valence-corrected chi connectivity index (χ2v) is 8.89. The minimum Gasteiger partial charge on any atom is -0.330 e. The van der Waals surface area contributed by atoms with Crippen LogP contribution in [0.4, 0.5) is 13.2 Å². The van der Waals surface area contributed by atoms with E-state index < -0.39 is 21.9 Å². The lowest BCUT2D eigenvalue weighted by Gasteiger charge is -2.15. The number of sulfone groups is 1. The third-order valence-electron chi connectivity index (χ3n) is 4.64. The zero-order valence-corrected chi connectivity index (χ0v) is 16.3. The first-order valence-electron chi connectivity index (χ1n) is 8.65. The van der Waals surface area contributed by atoms with Gasteiger partial charge in [0.1, 0.15) is 0 Å². The number of hydrogen-bond acceptors (Lipinski definition) is 6. The second-order valence-electron chi connectivity index (χ2n) is 6.87. The monoisotopic (exact) mass is 437 g/mol. The highest BCUT2D eigenvalue weighted by Gasteiger charge is 2.38. The van der Waals surface area contributed by atoms with Crippen LogP contribution in [0.25, 0.3) is 11.4 Å². The molecule has 2 aromatic carbocycles. The highest BCUT2D eigenvalue weighted by molar-refractivity contribution is 7.90. The molecular formula is C19H14F3N3O4S. The molecule has 1 aliphatic heterocycles. The predicted octanol–water partition coefficient (Wildman–Crippen LogP) is 3.31. The summed E-state index contributed by atoms with van der Waals surface area (Å²) in [5, 5.41) is 3.34. The van der Waals surface area contributed by atoms with Gasteiger partial charge >= 0.3 is 12.1 Å². The Hall–Kier alpha value is -3.21. The fourth-order valence-electron chi connectivity index (χ4n) is 3.15. The molecule has 0 saturated heterocycles. The summed E-state index contributed by atoms with van der Waals surface area (Å²) in [4.78, 5) is 17.8. The Balaban J connectivity index is 1.54. The molecule has 4 rings (SSSR count). The first-order valence-corrected chi connectivity index (χ1v) is 10.5. The van der Waals surface area contributed by atoms with Crippen molar-refractivity contribution >= 4 is 15.7 Å². The van der Waals surface area contributed by atoms with Crippen LogP contribution >= 0.6 is 0 Å². The minimum absolute atomic E-state index is 0.185. The van der Waals surface area contributed by atoms with Gasteiger partial charge in [-0.1, -0.05) is 29.4 Å². The average Bonchev–Trinajstić information content (AvgIpc) is 3.27. The van der Waals surface area contributed by atoms with Gasteiger partial charge in [0.05, 0.1) is 4.90 Å². The number of alkyl halides is 3. The number of aromatic nitrogens is 2. The zero-order chi connectivity index (χ0) is 21.7. The molecule has 0 radical (unpaired) electrons. The fourth-order valence-corrected chi connectivity index (χ4v) is 3.78. The van der Waals surface area contributed by atoms with Crippen LogP contribution in [-0.4, -0.2) is 35.6 Å². The van der Waals surface area contributed by atoms with Crippen molar-refractivity contribution in [1.82, 2.24) is 15.0 Å². The first kappa shape index (κ1) is 20.1. The summed E-state index contributed by atoms with van der Waals surface area (Å²) in [5.41, 5.74) is 2.05. The van der Waals surface area contributed by atoms with E-state index in [0.717, 1.165) is 17.4 Å². The van der Waals surface area contributed by atoms with Crippen molar-refractivity contribution in [3.05, 3.63) is 65.0 Å². The normalized spacial score (nSPS) is 14.3. The van der Waals surface area contributed by atoms with Gasteiger partial charge in [-0.05, 0) is 29.3 Å². The van der Waals surface area contributed by atoms with E-state index >= 15 is 0 Å². The molecule has 1 aliphatic rings. The Labute approximate surface area is 169 Å².